The van der Waals surface area contributed by atoms with Crippen LogP contribution in [0, 0.1) is 0 Å². The van der Waals surface area contributed by atoms with E-state index in [0.717, 1.165) is 23.1 Å². The van der Waals surface area contributed by atoms with Gasteiger partial charge in [-0.1, -0.05) is 84.7 Å². The van der Waals surface area contributed by atoms with Gasteiger partial charge in [-0.2, -0.15) is 0 Å². The SMILES string of the molecule is CCCNC(=O)C(Cc1ccccc1)N(Cc1cccc(Cl)c1)C(=O)Cc1ccc(Cl)cc1. The molecular formula is C27H28Cl2N2O2. The van der Waals surface area contributed by atoms with Crippen molar-refractivity contribution in [3.63, 3.8) is 0 Å². The van der Waals surface area contributed by atoms with E-state index in [0.29, 0.717) is 23.0 Å². The predicted octanol–water partition coefficient (Wildman–Crippen LogP) is 5.70. The van der Waals surface area contributed by atoms with Gasteiger partial charge >= 0.3 is 0 Å². The van der Waals surface area contributed by atoms with Gasteiger partial charge in [0.15, 0.2) is 0 Å². The van der Waals surface area contributed by atoms with Crippen LogP contribution in [0.1, 0.15) is 30.0 Å². The summed E-state index contributed by atoms with van der Waals surface area (Å²) in [5, 5.41) is 4.18. The number of benzene rings is 3. The van der Waals surface area contributed by atoms with Gasteiger partial charge in [0.25, 0.3) is 0 Å². The van der Waals surface area contributed by atoms with Crippen LogP contribution < -0.4 is 5.32 Å². The molecule has 0 saturated heterocycles. The van der Waals surface area contributed by atoms with Crippen LogP contribution in [-0.4, -0.2) is 29.3 Å². The van der Waals surface area contributed by atoms with E-state index in [2.05, 4.69) is 5.32 Å². The average Bonchev–Trinajstić information content (AvgIpc) is 2.82. The molecule has 0 aliphatic carbocycles. The summed E-state index contributed by atoms with van der Waals surface area (Å²) >= 11 is 12.2. The second kappa shape index (κ2) is 12.4. The molecule has 0 aromatic heterocycles. The lowest BCUT2D eigenvalue weighted by Gasteiger charge is -2.31. The summed E-state index contributed by atoms with van der Waals surface area (Å²) in [6, 6.07) is 23.7. The minimum absolute atomic E-state index is 0.134. The first-order valence-corrected chi connectivity index (χ1v) is 11.8. The van der Waals surface area contributed by atoms with E-state index >= 15 is 0 Å². The fourth-order valence-electron chi connectivity index (χ4n) is 3.63. The van der Waals surface area contributed by atoms with Gasteiger partial charge in [0.05, 0.1) is 6.42 Å². The number of hydrogen-bond donors (Lipinski definition) is 1. The maximum absolute atomic E-state index is 13.6. The summed E-state index contributed by atoms with van der Waals surface area (Å²) in [6.07, 6.45) is 1.41. The van der Waals surface area contributed by atoms with E-state index in [1.165, 1.54) is 0 Å². The van der Waals surface area contributed by atoms with Crippen LogP contribution in [0.5, 0.6) is 0 Å². The van der Waals surface area contributed by atoms with Crippen molar-refractivity contribution in [3.8, 4) is 0 Å². The average molecular weight is 483 g/mol. The number of nitrogens with one attached hydrogen (secondary N) is 1. The van der Waals surface area contributed by atoms with Gasteiger partial charge in [0.1, 0.15) is 6.04 Å². The van der Waals surface area contributed by atoms with E-state index in [-0.39, 0.29) is 24.8 Å². The van der Waals surface area contributed by atoms with Crippen LogP contribution in [0.25, 0.3) is 0 Å². The summed E-state index contributed by atoms with van der Waals surface area (Å²) in [5.74, 6) is -0.294. The molecule has 1 unspecified atom stereocenters. The second-order valence-corrected chi connectivity index (χ2v) is 8.82. The normalized spacial score (nSPS) is 11.6. The molecule has 3 aromatic rings. The molecular weight excluding hydrogens is 455 g/mol. The Balaban J connectivity index is 1.94. The molecule has 1 N–H and O–H groups in total. The van der Waals surface area contributed by atoms with Crippen molar-refractivity contribution >= 4 is 35.0 Å². The lowest BCUT2D eigenvalue weighted by atomic mass is 10.0. The first kappa shape index (κ1) is 24.8. The first-order valence-electron chi connectivity index (χ1n) is 11.1. The fourth-order valence-corrected chi connectivity index (χ4v) is 3.97. The molecule has 0 saturated carbocycles. The molecule has 3 rings (SSSR count). The van der Waals surface area contributed by atoms with Crippen molar-refractivity contribution in [2.75, 3.05) is 6.54 Å². The van der Waals surface area contributed by atoms with Crippen LogP contribution >= 0.6 is 23.2 Å². The highest BCUT2D eigenvalue weighted by atomic mass is 35.5. The topological polar surface area (TPSA) is 49.4 Å². The van der Waals surface area contributed by atoms with Gasteiger partial charge < -0.3 is 10.2 Å². The number of hydrogen-bond acceptors (Lipinski definition) is 2. The number of carbonyl (C=O) groups is 2. The summed E-state index contributed by atoms with van der Waals surface area (Å²) < 4.78 is 0. The Bertz CT molecular complexity index is 1060. The Hall–Kier alpha value is -2.82. The Labute approximate surface area is 205 Å². The lowest BCUT2D eigenvalue weighted by Crippen LogP contribution is -2.51. The number of nitrogens with zero attached hydrogens (tertiary/aromatic N) is 1. The molecule has 3 aromatic carbocycles. The third kappa shape index (κ3) is 7.62. The summed E-state index contributed by atoms with van der Waals surface area (Å²) in [7, 11) is 0. The van der Waals surface area contributed by atoms with Gasteiger partial charge in [-0.3, -0.25) is 9.59 Å². The standard InChI is InChI=1S/C27H28Cl2N2O2/c1-2-15-30-27(33)25(17-20-7-4-3-5-8-20)31(19-22-9-6-10-24(29)16-22)26(32)18-21-11-13-23(28)14-12-21/h3-14,16,25H,2,15,17-19H2,1H3,(H,30,33). The smallest absolute Gasteiger partial charge is 0.243 e. The summed E-state index contributed by atoms with van der Waals surface area (Å²) in [5.41, 5.74) is 2.70. The van der Waals surface area contributed by atoms with E-state index in [1.54, 1.807) is 23.1 Å². The van der Waals surface area contributed by atoms with Crippen molar-refractivity contribution in [2.45, 2.75) is 38.8 Å². The van der Waals surface area contributed by atoms with Crippen molar-refractivity contribution in [1.29, 1.82) is 0 Å². The molecule has 0 radical (unpaired) electrons. The van der Waals surface area contributed by atoms with E-state index < -0.39 is 6.04 Å². The zero-order valence-electron chi connectivity index (χ0n) is 18.6. The van der Waals surface area contributed by atoms with Crippen molar-refractivity contribution in [1.82, 2.24) is 10.2 Å². The van der Waals surface area contributed by atoms with Gasteiger partial charge in [-0.25, -0.2) is 0 Å². The van der Waals surface area contributed by atoms with Crippen molar-refractivity contribution < 1.29 is 9.59 Å². The maximum atomic E-state index is 13.6. The van der Waals surface area contributed by atoms with Crippen LogP contribution in [-0.2, 0) is 29.0 Å². The van der Waals surface area contributed by atoms with Gasteiger partial charge in [-0.05, 0) is 47.4 Å². The molecule has 0 heterocycles. The molecule has 172 valence electrons. The Morgan fingerprint density at radius 2 is 1.55 bits per heavy atom. The number of amides is 2. The minimum Gasteiger partial charge on any atom is -0.354 e. The van der Waals surface area contributed by atoms with Gasteiger partial charge in [0, 0.05) is 29.6 Å². The van der Waals surface area contributed by atoms with Crippen LogP contribution in [0.15, 0.2) is 78.9 Å². The molecule has 0 spiro atoms. The number of carbonyl (C=O) groups excluding carboxylic acids is 2. The maximum Gasteiger partial charge on any atom is 0.243 e. The minimum atomic E-state index is -0.655. The number of rotatable bonds is 10. The highest BCUT2D eigenvalue weighted by molar-refractivity contribution is 6.30. The number of halogens is 2. The van der Waals surface area contributed by atoms with Gasteiger partial charge in [0.2, 0.25) is 11.8 Å². The quantitative estimate of drug-likeness (QED) is 0.402. The zero-order valence-corrected chi connectivity index (χ0v) is 20.1. The lowest BCUT2D eigenvalue weighted by molar-refractivity contribution is -0.140. The third-order valence-electron chi connectivity index (χ3n) is 5.33. The Morgan fingerprint density at radius 3 is 2.21 bits per heavy atom. The molecule has 0 fully saturated rings. The highest BCUT2D eigenvalue weighted by Gasteiger charge is 2.30. The Kier molecular flexibility index (Phi) is 9.35. The fraction of sp³-hybridized carbons (Fsp3) is 0.259. The van der Waals surface area contributed by atoms with E-state index in [4.69, 9.17) is 23.2 Å². The van der Waals surface area contributed by atoms with Crippen LogP contribution in [0.3, 0.4) is 0 Å². The van der Waals surface area contributed by atoms with Crippen molar-refractivity contribution in [3.05, 3.63) is 106 Å². The second-order valence-electron chi connectivity index (χ2n) is 7.95. The van der Waals surface area contributed by atoms with Crippen molar-refractivity contribution in [2.24, 2.45) is 0 Å². The predicted molar refractivity (Wildman–Crippen MR) is 134 cm³/mol. The van der Waals surface area contributed by atoms with Crippen LogP contribution in [0.2, 0.25) is 10.0 Å². The van der Waals surface area contributed by atoms with E-state index in [9.17, 15) is 9.59 Å². The molecule has 0 aliphatic rings. The zero-order chi connectivity index (χ0) is 23.6. The molecule has 33 heavy (non-hydrogen) atoms. The first-order chi connectivity index (χ1) is 16.0. The third-order valence-corrected chi connectivity index (χ3v) is 5.82. The summed E-state index contributed by atoms with van der Waals surface area (Å²) in [6.45, 7) is 2.84. The summed E-state index contributed by atoms with van der Waals surface area (Å²) in [4.78, 5) is 28.5. The monoisotopic (exact) mass is 482 g/mol. The largest absolute Gasteiger partial charge is 0.354 e. The highest BCUT2D eigenvalue weighted by Crippen LogP contribution is 2.19. The van der Waals surface area contributed by atoms with Crippen LogP contribution in [0.4, 0.5) is 0 Å². The molecule has 0 bridgehead atoms. The molecule has 0 aliphatic heterocycles. The van der Waals surface area contributed by atoms with E-state index in [1.807, 2.05) is 67.6 Å². The molecule has 2 amide bonds. The Morgan fingerprint density at radius 1 is 0.848 bits per heavy atom. The van der Waals surface area contributed by atoms with Gasteiger partial charge in [-0.15, -0.1) is 0 Å². The molecule has 1 atom stereocenters. The molecule has 4 nitrogen and oxygen atoms in total. The molecule has 6 heteroatoms.